The largest absolute Gasteiger partial charge is 0.398 e. The molecule has 0 saturated heterocycles. The van der Waals surface area contributed by atoms with Crippen LogP contribution in [0.1, 0.15) is 48.2 Å². The Morgan fingerprint density at radius 2 is 2.00 bits per heavy atom. The second kappa shape index (κ2) is 5.72. The molecule has 4 heteroatoms. The maximum absolute atomic E-state index is 12.6. The summed E-state index contributed by atoms with van der Waals surface area (Å²) in [5.74, 6) is -0.0822. The van der Waals surface area contributed by atoms with Crippen LogP contribution in [0, 0.1) is 6.92 Å². The molecule has 3 rings (SSSR count). The summed E-state index contributed by atoms with van der Waals surface area (Å²) in [6, 6.07) is 5.97. The molecule has 1 aromatic carbocycles. The second-order valence-corrected chi connectivity index (χ2v) is 5.86. The van der Waals surface area contributed by atoms with Crippen molar-refractivity contribution in [2.45, 2.75) is 45.1 Å². The van der Waals surface area contributed by atoms with Crippen molar-refractivity contribution >= 4 is 22.4 Å². The van der Waals surface area contributed by atoms with Crippen LogP contribution in [-0.4, -0.2) is 16.9 Å². The quantitative estimate of drug-likeness (QED) is 0.832. The van der Waals surface area contributed by atoms with Crippen molar-refractivity contribution in [1.82, 2.24) is 10.3 Å². The zero-order valence-electron chi connectivity index (χ0n) is 12.4. The normalized spacial score (nSPS) is 16.0. The van der Waals surface area contributed by atoms with E-state index >= 15 is 0 Å². The average Bonchev–Trinajstić information content (AvgIpc) is 2.51. The lowest BCUT2D eigenvalue weighted by molar-refractivity contribution is 0.0924. The molecular weight excluding hydrogens is 262 g/mol. The van der Waals surface area contributed by atoms with E-state index in [0.717, 1.165) is 29.2 Å². The third-order valence-corrected chi connectivity index (χ3v) is 4.32. The first kappa shape index (κ1) is 13.9. The van der Waals surface area contributed by atoms with Crippen molar-refractivity contribution in [1.29, 1.82) is 0 Å². The van der Waals surface area contributed by atoms with Gasteiger partial charge in [-0.15, -0.1) is 0 Å². The number of fused-ring (bicyclic) bond motifs is 1. The highest BCUT2D eigenvalue weighted by Crippen LogP contribution is 2.26. The average molecular weight is 283 g/mol. The lowest BCUT2D eigenvalue weighted by Crippen LogP contribution is -2.36. The molecule has 1 amide bonds. The number of aryl methyl sites for hydroxylation is 1. The highest BCUT2D eigenvalue weighted by Gasteiger charge is 2.20. The first-order chi connectivity index (χ1) is 10.2. The van der Waals surface area contributed by atoms with Crippen molar-refractivity contribution < 1.29 is 4.79 Å². The number of pyridine rings is 1. The van der Waals surface area contributed by atoms with Crippen molar-refractivity contribution in [3.63, 3.8) is 0 Å². The molecule has 0 aliphatic heterocycles. The molecule has 110 valence electrons. The minimum absolute atomic E-state index is 0.0822. The van der Waals surface area contributed by atoms with Gasteiger partial charge in [-0.3, -0.25) is 9.78 Å². The predicted molar refractivity (Wildman–Crippen MR) is 85.2 cm³/mol. The van der Waals surface area contributed by atoms with E-state index < -0.39 is 0 Å². The molecule has 21 heavy (non-hydrogen) atoms. The lowest BCUT2D eigenvalue weighted by atomic mass is 9.95. The molecule has 3 N–H and O–H groups in total. The number of carbonyl (C=O) groups excluding carboxylic acids is 1. The summed E-state index contributed by atoms with van der Waals surface area (Å²) >= 11 is 0. The van der Waals surface area contributed by atoms with Crippen LogP contribution in [0.25, 0.3) is 10.8 Å². The molecule has 0 atom stereocenters. The Hall–Kier alpha value is -2.10. The van der Waals surface area contributed by atoms with Gasteiger partial charge in [0.05, 0.1) is 0 Å². The molecule has 1 aliphatic rings. The summed E-state index contributed by atoms with van der Waals surface area (Å²) in [5.41, 5.74) is 8.22. The minimum Gasteiger partial charge on any atom is -0.398 e. The van der Waals surface area contributed by atoms with Gasteiger partial charge in [0.2, 0.25) is 0 Å². The van der Waals surface area contributed by atoms with Crippen molar-refractivity contribution in [2.75, 3.05) is 5.73 Å². The molecular formula is C17H21N3O. The molecule has 1 aliphatic carbocycles. The first-order valence-corrected chi connectivity index (χ1v) is 7.61. The summed E-state index contributed by atoms with van der Waals surface area (Å²) in [5, 5.41) is 4.90. The number of nitrogens with one attached hydrogen (secondary N) is 1. The van der Waals surface area contributed by atoms with Gasteiger partial charge in [-0.1, -0.05) is 25.3 Å². The molecule has 1 heterocycles. The van der Waals surface area contributed by atoms with E-state index in [1.54, 1.807) is 6.20 Å². The fourth-order valence-corrected chi connectivity index (χ4v) is 3.16. The smallest absolute Gasteiger partial charge is 0.270 e. The fraction of sp³-hybridized carbons (Fsp3) is 0.412. The van der Waals surface area contributed by atoms with Crippen LogP contribution >= 0.6 is 0 Å². The van der Waals surface area contributed by atoms with Crippen molar-refractivity contribution in [3.05, 3.63) is 35.7 Å². The lowest BCUT2D eigenvalue weighted by Gasteiger charge is -2.23. The maximum Gasteiger partial charge on any atom is 0.270 e. The van der Waals surface area contributed by atoms with E-state index in [-0.39, 0.29) is 11.9 Å². The van der Waals surface area contributed by atoms with E-state index in [2.05, 4.69) is 10.3 Å². The van der Waals surface area contributed by atoms with Gasteiger partial charge in [0.1, 0.15) is 5.69 Å². The van der Waals surface area contributed by atoms with Gasteiger partial charge >= 0.3 is 0 Å². The summed E-state index contributed by atoms with van der Waals surface area (Å²) in [4.78, 5) is 16.9. The van der Waals surface area contributed by atoms with Gasteiger partial charge in [0.25, 0.3) is 5.91 Å². The monoisotopic (exact) mass is 283 g/mol. The van der Waals surface area contributed by atoms with Gasteiger partial charge in [-0.25, -0.2) is 0 Å². The van der Waals surface area contributed by atoms with Gasteiger partial charge in [0, 0.05) is 28.7 Å². The number of rotatable bonds is 2. The second-order valence-electron chi connectivity index (χ2n) is 5.86. The van der Waals surface area contributed by atoms with Crippen LogP contribution in [0.2, 0.25) is 0 Å². The van der Waals surface area contributed by atoms with Gasteiger partial charge in [-0.2, -0.15) is 0 Å². The number of nitrogen functional groups attached to an aromatic ring is 1. The Morgan fingerprint density at radius 3 is 2.76 bits per heavy atom. The number of nitrogens with two attached hydrogens (primary N) is 1. The van der Waals surface area contributed by atoms with Crippen LogP contribution in [-0.2, 0) is 0 Å². The topological polar surface area (TPSA) is 68.0 Å². The maximum atomic E-state index is 12.6. The standard InChI is InChI=1S/C17H21N3O/c1-11-7-8-14(18)13-9-10-19-16(15(11)13)17(21)20-12-5-3-2-4-6-12/h7-10,12H,2-6,18H2,1H3,(H,20,21). The molecule has 0 radical (unpaired) electrons. The number of anilines is 1. The molecule has 0 bridgehead atoms. The molecule has 1 aromatic heterocycles. The van der Waals surface area contributed by atoms with E-state index in [9.17, 15) is 4.79 Å². The van der Waals surface area contributed by atoms with Crippen molar-refractivity contribution in [2.24, 2.45) is 0 Å². The summed E-state index contributed by atoms with van der Waals surface area (Å²) < 4.78 is 0. The molecule has 1 fully saturated rings. The fourth-order valence-electron chi connectivity index (χ4n) is 3.16. The summed E-state index contributed by atoms with van der Waals surface area (Å²) in [6.45, 7) is 1.99. The van der Waals surface area contributed by atoms with E-state index in [0.29, 0.717) is 11.4 Å². The number of hydrogen-bond donors (Lipinski definition) is 2. The summed E-state index contributed by atoms with van der Waals surface area (Å²) in [7, 11) is 0. The van der Waals surface area contributed by atoms with E-state index in [4.69, 9.17) is 5.73 Å². The number of aromatic nitrogens is 1. The highest BCUT2D eigenvalue weighted by molar-refractivity contribution is 6.09. The molecule has 2 aromatic rings. The predicted octanol–water partition coefficient (Wildman–Crippen LogP) is 3.19. The Morgan fingerprint density at radius 1 is 1.24 bits per heavy atom. The van der Waals surface area contributed by atoms with Crippen LogP contribution < -0.4 is 11.1 Å². The molecule has 1 saturated carbocycles. The highest BCUT2D eigenvalue weighted by atomic mass is 16.1. The minimum atomic E-state index is -0.0822. The molecule has 4 nitrogen and oxygen atoms in total. The zero-order valence-corrected chi connectivity index (χ0v) is 12.4. The van der Waals surface area contributed by atoms with Gasteiger partial charge < -0.3 is 11.1 Å². The van der Waals surface area contributed by atoms with Crippen LogP contribution in [0.3, 0.4) is 0 Å². The Kier molecular flexibility index (Phi) is 3.78. The van der Waals surface area contributed by atoms with Gasteiger partial charge in [-0.05, 0) is 37.5 Å². The number of hydrogen-bond acceptors (Lipinski definition) is 3. The third kappa shape index (κ3) is 2.71. The number of benzene rings is 1. The Bertz CT molecular complexity index is 675. The van der Waals surface area contributed by atoms with Crippen LogP contribution in [0.4, 0.5) is 5.69 Å². The molecule has 0 unspecified atom stereocenters. The Balaban J connectivity index is 1.96. The first-order valence-electron chi connectivity index (χ1n) is 7.61. The third-order valence-electron chi connectivity index (χ3n) is 4.32. The van der Waals surface area contributed by atoms with E-state index in [1.165, 1.54) is 19.3 Å². The SMILES string of the molecule is Cc1ccc(N)c2ccnc(C(=O)NC3CCCCC3)c12. The zero-order chi connectivity index (χ0) is 14.8. The molecule has 0 spiro atoms. The Labute approximate surface area is 124 Å². The van der Waals surface area contributed by atoms with E-state index in [1.807, 2.05) is 25.1 Å². The van der Waals surface area contributed by atoms with Crippen LogP contribution in [0.15, 0.2) is 24.4 Å². The number of amides is 1. The van der Waals surface area contributed by atoms with Crippen LogP contribution in [0.5, 0.6) is 0 Å². The van der Waals surface area contributed by atoms with Gasteiger partial charge in [0.15, 0.2) is 0 Å². The number of nitrogens with zero attached hydrogens (tertiary/aromatic N) is 1. The summed E-state index contributed by atoms with van der Waals surface area (Å²) in [6.07, 6.45) is 7.46. The van der Waals surface area contributed by atoms with Crippen molar-refractivity contribution in [3.8, 4) is 0 Å². The number of carbonyl (C=O) groups is 1.